The summed E-state index contributed by atoms with van der Waals surface area (Å²) in [6.45, 7) is 1.92. The van der Waals surface area contributed by atoms with E-state index < -0.39 is 11.9 Å². The summed E-state index contributed by atoms with van der Waals surface area (Å²) < 4.78 is 46.3. The van der Waals surface area contributed by atoms with Crippen molar-refractivity contribution in [2.45, 2.75) is 13.1 Å². The van der Waals surface area contributed by atoms with E-state index >= 15 is 0 Å². The molecule has 8 heteroatoms. The van der Waals surface area contributed by atoms with Gasteiger partial charge in [0.2, 0.25) is 5.13 Å². The first-order chi connectivity index (χ1) is 13.8. The first kappa shape index (κ1) is 19.2. The number of benzene rings is 2. The zero-order chi connectivity index (χ0) is 20.6. The summed E-state index contributed by atoms with van der Waals surface area (Å²) in [7, 11) is 1.58. The van der Waals surface area contributed by atoms with E-state index in [2.05, 4.69) is 10.1 Å². The summed E-state index contributed by atoms with van der Waals surface area (Å²) in [5.41, 5.74) is 2.55. The van der Waals surface area contributed by atoms with Crippen LogP contribution in [0.25, 0.3) is 27.6 Å². The van der Waals surface area contributed by atoms with Crippen molar-refractivity contribution >= 4 is 11.3 Å². The van der Waals surface area contributed by atoms with Crippen molar-refractivity contribution in [2.24, 2.45) is 0 Å². The number of alkyl halides is 3. The van der Waals surface area contributed by atoms with Crippen molar-refractivity contribution in [1.82, 2.24) is 14.8 Å². The molecule has 0 aliphatic carbocycles. The summed E-state index contributed by atoms with van der Waals surface area (Å²) in [5, 5.41) is 5.96. The van der Waals surface area contributed by atoms with Gasteiger partial charge >= 0.3 is 6.18 Å². The van der Waals surface area contributed by atoms with Crippen molar-refractivity contribution < 1.29 is 17.9 Å². The van der Waals surface area contributed by atoms with Gasteiger partial charge in [0.1, 0.15) is 5.75 Å². The zero-order valence-electron chi connectivity index (χ0n) is 15.6. The number of hydrogen-bond acceptors (Lipinski definition) is 4. The predicted octanol–water partition coefficient (Wildman–Crippen LogP) is 6.00. The Morgan fingerprint density at radius 2 is 1.62 bits per heavy atom. The number of nitrogens with zero attached hydrogens (tertiary/aromatic N) is 3. The molecule has 0 saturated heterocycles. The minimum absolute atomic E-state index is 0.341. The van der Waals surface area contributed by atoms with E-state index in [0.717, 1.165) is 17.2 Å². The number of rotatable bonds is 4. The van der Waals surface area contributed by atoms with Crippen LogP contribution in [0.4, 0.5) is 13.2 Å². The lowest BCUT2D eigenvalue weighted by Crippen LogP contribution is -2.07. The quantitative estimate of drug-likeness (QED) is 0.411. The molecular weight excluding hydrogens is 399 g/mol. The molecule has 4 aromatic rings. The van der Waals surface area contributed by atoms with E-state index in [1.165, 1.54) is 16.0 Å². The molecule has 0 atom stereocenters. The van der Waals surface area contributed by atoms with Gasteiger partial charge < -0.3 is 4.74 Å². The maximum atomic E-state index is 13.3. The van der Waals surface area contributed by atoms with Gasteiger partial charge in [-0.1, -0.05) is 29.8 Å². The molecule has 0 fully saturated rings. The van der Waals surface area contributed by atoms with Gasteiger partial charge in [-0.05, 0) is 37.3 Å². The minimum atomic E-state index is -4.54. The second kappa shape index (κ2) is 7.36. The van der Waals surface area contributed by atoms with Gasteiger partial charge in [-0.3, -0.25) is 0 Å². The fourth-order valence-corrected chi connectivity index (χ4v) is 3.65. The summed E-state index contributed by atoms with van der Waals surface area (Å²) >= 11 is 1.23. The Balaban J connectivity index is 1.78. The van der Waals surface area contributed by atoms with Crippen LogP contribution in [-0.4, -0.2) is 21.9 Å². The highest BCUT2D eigenvalue weighted by molar-refractivity contribution is 7.12. The van der Waals surface area contributed by atoms with Gasteiger partial charge in [-0.2, -0.15) is 18.3 Å². The standard InChI is InChI=1S/C21H16F3N3OS/c1-13-3-5-15(6-4-13)18-11-19(21(22,23)24)26-27(18)20-25-17(12-29-20)14-7-9-16(28-2)10-8-14/h3-12H,1-2H3. The Kier molecular flexibility index (Phi) is 4.87. The SMILES string of the molecule is COc1ccc(-c2csc(-n3nc(C(F)(F)F)cc3-c3ccc(C)cc3)n2)cc1. The highest BCUT2D eigenvalue weighted by Gasteiger charge is 2.35. The lowest BCUT2D eigenvalue weighted by Gasteiger charge is -2.05. The van der Waals surface area contributed by atoms with E-state index in [4.69, 9.17) is 4.74 Å². The smallest absolute Gasteiger partial charge is 0.435 e. The predicted molar refractivity (Wildman–Crippen MR) is 106 cm³/mol. The summed E-state index contributed by atoms with van der Waals surface area (Å²) in [6.07, 6.45) is -4.54. The second-order valence-corrected chi connectivity index (χ2v) is 7.27. The Bertz CT molecular complexity index is 1130. The Morgan fingerprint density at radius 1 is 0.966 bits per heavy atom. The van der Waals surface area contributed by atoms with E-state index in [1.54, 1.807) is 24.6 Å². The maximum Gasteiger partial charge on any atom is 0.435 e. The van der Waals surface area contributed by atoms with Crippen molar-refractivity contribution in [1.29, 1.82) is 0 Å². The fraction of sp³-hybridized carbons (Fsp3) is 0.143. The van der Waals surface area contributed by atoms with Crippen LogP contribution in [0.2, 0.25) is 0 Å². The minimum Gasteiger partial charge on any atom is -0.497 e. The van der Waals surface area contributed by atoms with Crippen LogP contribution >= 0.6 is 11.3 Å². The van der Waals surface area contributed by atoms with Crippen LogP contribution in [0.1, 0.15) is 11.3 Å². The number of ether oxygens (including phenoxy) is 1. The van der Waals surface area contributed by atoms with Crippen molar-refractivity contribution in [2.75, 3.05) is 7.11 Å². The van der Waals surface area contributed by atoms with Crippen LogP contribution in [0, 0.1) is 6.92 Å². The second-order valence-electron chi connectivity index (χ2n) is 6.43. The van der Waals surface area contributed by atoms with Crippen LogP contribution in [0.5, 0.6) is 5.75 Å². The number of methoxy groups -OCH3 is 1. The Morgan fingerprint density at radius 3 is 2.24 bits per heavy atom. The molecule has 29 heavy (non-hydrogen) atoms. The molecule has 2 heterocycles. The molecule has 0 aliphatic rings. The third kappa shape index (κ3) is 3.88. The third-order valence-corrected chi connectivity index (χ3v) is 5.22. The van der Waals surface area contributed by atoms with Gasteiger partial charge in [0.25, 0.3) is 0 Å². The molecule has 148 valence electrons. The van der Waals surface area contributed by atoms with Gasteiger partial charge in [0.15, 0.2) is 5.69 Å². The zero-order valence-corrected chi connectivity index (χ0v) is 16.4. The van der Waals surface area contributed by atoms with E-state index in [0.29, 0.717) is 27.8 Å². The highest BCUT2D eigenvalue weighted by Crippen LogP contribution is 2.34. The lowest BCUT2D eigenvalue weighted by atomic mass is 10.1. The van der Waals surface area contributed by atoms with Crippen molar-refractivity contribution in [3.05, 3.63) is 71.2 Å². The summed E-state index contributed by atoms with van der Waals surface area (Å²) in [4.78, 5) is 4.52. The molecule has 0 unspecified atom stereocenters. The van der Waals surface area contributed by atoms with Gasteiger partial charge in [0, 0.05) is 16.5 Å². The molecule has 2 aromatic heterocycles. The van der Waals surface area contributed by atoms with Crippen LogP contribution in [0.3, 0.4) is 0 Å². The van der Waals surface area contributed by atoms with Gasteiger partial charge in [-0.25, -0.2) is 9.67 Å². The number of hydrogen-bond donors (Lipinski definition) is 0. The Hall–Kier alpha value is -3.13. The monoisotopic (exact) mass is 415 g/mol. The average Bonchev–Trinajstić information content (AvgIpc) is 3.36. The largest absolute Gasteiger partial charge is 0.497 e. The summed E-state index contributed by atoms with van der Waals surface area (Å²) in [5.74, 6) is 0.716. The molecule has 0 aliphatic heterocycles. The number of aromatic nitrogens is 3. The number of halogens is 3. The van der Waals surface area contributed by atoms with Crippen LogP contribution in [0.15, 0.2) is 60.0 Å². The molecule has 0 spiro atoms. The molecule has 0 radical (unpaired) electrons. The van der Waals surface area contributed by atoms with Crippen molar-refractivity contribution in [3.8, 4) is 33.4 Å². The molecule has 4 nitrogen and oxygen atoms in total. The number of thiazole rings is 1. The first-order valence-corrected chi connectivity index (χ1v) is 9.58. The fourth-order valence-electron chi connectivity index (χ4n) is 2.85. The molecule has 4 rings (SSSR count). The van der Waals surface area contributed by atoms with Crippen LogP contribution in [-0.2, 0) is 6.18 Å². The molecular formula is C21H16F3N3OS. The van der Waals surface area contributed by atoms with Gasteiger partial charge in [-0.15, -0.1) is 11.3 Å². The van der Waals surface area contributed by atoms with E-state index in [-0.39, 0.29) is 0 Å². The molecule has 0 amide bonds. The average molecular weight is 415 g/mol. The molecule has 2 aromatic carbocycles. The van der Waals surface area contributed by atoms with E-state index in [1.807, 2.05) is 43.3 Å². The maximum absolute atomic E-state index is 13.3. The molecule has 0 saturated carbocycles. The van der Waals surface area contributed by atoms with Gasteiger partial charge in [0.05, 0.1) is 18.5 Å². The van der Waals surface area contributed by atoms with E-state index in [9.17, 15) is 13.2 Å². The first-order valence-electron chi connectivity index (χ1n) is 8.70. The topological polar surface area (TPSA) is 39.9 Å². The molecule has 0 bridgehead atoms. The normalized spacial score (nSPS) is 11.6. The van der Waals surface area contributed by atoms with Crippen molar-refractivity contribution in [3.63, 3.8) is 0 Å². The van der Waals surface area contributed by atoms with Crippen LogP contribution < -0.4 is 4.74 Å². The lowest BCUT2D eigenvalue weighted by molar-refractivity contribution is -0.141. The molecule has 0 N–H and O–H groups in total. The highest BCUT2D eigenvalue weighted by atomic mass is 32.1. The third-order valence-electron chi connectivity index (χ3n) is 4.41. The summed E-state index contributed by atoms with van der Waals surface area (Å²) in [6, 6.07) is 15.6. The Labute approximate surface area is 169 Å². The number of aryl methyl sites for hydroxylation is 1.